The number of ether oxygens (including phenoxy) is 1. The van der Waals surface area contributed by atoms with E-state index in [1.54, 1.807) is 6.07 Å². The minimum absolute atomic E-state index is 0.0663. The predicted octanol–water partition coefficient (Wildman–Crippen LogP) is 1.32. The van der Waals surface area contributed by atoms with Crippen molar-refractivity contribution in [1.29, 1.82) is 0 Å². The molecule has 1 aliphatic rings. The molecule has 1 N–H and O–H groups in total. The smallest absolute Gasteiger partial charge is 0.306 e. The Hall–Kier alpha value is -2.26. The predicted molar refractivity (Wildman–Crippen MR) is 93.9 cm³/mol. The zero-order chi connectivity index (χ0) is 19.2. The molecule has 0 spiro atoms. The summed E-state index contributed by atoms with van der Waals surface area (Å²) in [6.45, 7) is 1.85. The molecule has 0 saturated carbocycles. The molecule has 1 fully saturated rings. The van der Waals surface area contributed by atoms with E-state index >= 15 is 0 Å². The van der Waals surface area contributed by atoms with Gasteiger partial charge < -0.3 is 14.8 Å². The molecule has 1 aliphatic heterocycles. The number of carbonyl (C=O) groups is 3. The standard InChI is InChI=1S/C17H22N2O6S/c1-13(20)7-8-17(22)25-12-16(21)18-14-5-4-6-15(11-14)26(23,24)19-9-2-3-10-19/h4-6,11H,2-3,7-10,12H2,1H3,(H,18,21). The summed E-state index contributed by atoms with van der Waals surface area (Å²) in [6.07, 6.45) is 1.67. The van der Waals surface area contributed by atoms with E-state index < -0.39 is 28.5 Å². The number of ketones is 1. The van der Waals surface area contributed by atoms with Crippen LogP contribution >= 0.6 is 0 Å². The molecule has 1 saturated heterocycles. The highest BCUT2D eigenvalue weighted by molar-refractivity contribution is 7.89. The third-order valence-corrected chi connectivity index (χ3v) is 5.76. The quantitative estimate of drug-likeness (QED) is 0.679. The lowest BCUT2D eigenvalue weighted by Crippen LogP contribution is -2.28. The Labute approximate surface area is 152 Å². The number of carbonyl (C=O) groups excluding carboxylic acids is 3. The number of rotatable bonds is 8. The van der Waals surface area contributed by atoms with Gasteiger partial charge in [0.25, 0.3) is 5.91 Å². The average molecular weight is 382 g/mol. The normalized spacial score (nSPS) is 14.8. The van der Waals surface area contributed by atoms with E-state index in [-0.39, 0.29) is 23.5 Å². The molecular formula is C17H22N2O6S. The minimum Gasteiger partial charge on any atom is -0.456 e. The number of hydrogen-bond acceptors (Lipinski definition) is 6. The Morgan fingerprint density at radius 3 is 2.50 bits per heavy atom. The van der Waals surface area contributed by atoms with Crippen molar-refractivity contribution < 1.29 is 27.5 Å². The fourth-order valence-corrected chi connectivity index (χ4v) is 4.07. The molecule has 26 heavy (non-hydrogen) atoms. The maximum atomic E-state index is 12.5. The number of sulfonamides is 1. The maximum Gasteiger partial charge on any atom is 0.306 e. The second-order valence-corrected chi connectivity index (χ2v) is 7.99. The number of nitrogens with one attached hydrogen (secondary N) is 1. The Morgan fingerprint density at radius 1 is 1.15 bits per heavy atom. The van der Waals surface area contributed by atoms with Crippen LogP contribution in [0.2, 0.25) is 0 Å². The number of nitrogens with zero attached hydrogens (tertiary/aromatic N) is 1. The van der Waals surface area contributed by atoms with Crippen molar-refractivity contribution in [2.24, 2.45) is 0 Å². The number of benzene rings is 1. The fraction of sp³-hybridized carbons (Fsp3) is 0.471. The van der Waals surface area contributed by atoms with Crippen LogP contribution in [0.1, 0.15) is 32.6 Å². The van der Waals surface area contributed by atoms with Gasteiger partial charge >= 0.3 is 5.97 Å². The SMILES string of the molecule is CC(=O)CCC(=O)OCC(=O)Nc1cccc(S(=O)(=O)N2CCCC2)c1. The van der Waals surface area contributed by atoms with Crippen LogP contribution in [0.4, 0.5) is 5.69 Å². The molecule has 0 aromatic heterocycles. The molecule has 1 heterocycles. The van der Waals surface area contributed by atoms with Gasteiger partial charge in [0, 0.05) is 25.2 Å². The van der Waals surface area contributed by atoms with Gasteiger partial charge in [-0.05, 0) is 38.0 Å². The molecule has 0 bridgehead atoms. The number of esters is 1. The first kappa shape index (κ1) is 20.1. The van der Waals surface area contributed by atoms with E-state index in [9.17, 15) is 22.8 Å². The van der Waals surface area contributed by atoms with E-state index in [0.29, 0.717) is 18.8 Å². The number of amides is 1. The van der Waals surface area contributed by atoms with E-state index in [2.05, 4.69) is 5.32 Å². The number of Topliss-reactive ketones (excluding diaryl/α,β-unsaturated/α-hetero) is 1. The highest BCUT2D eigenvalue weighted by Crippen LogP contribution is 2.23. The van der Waals surface area contributed by atoms with Crippen molar-refractivity contribution in [2.75, 3.05) is 25.0 Å². The summed E-state index contributed by atoms with van der Waals surface area (Å²) >= 11 is 0. The molecule has 142 valence electrons. The molecule has 1 amide bonds. The number of hydrogen-bond donors (Lipinski definition) is 1. The lowest BCUT2D eigenvalue weighted by Gasteiger charge is -2.16. The molecule has 0 aliphatic carbocycles. The second kappa shape index (κ2) is 8.91. The first-order chi connectivity index (χ1) is 12.3. The molecule has 0 atom stereocenters. The minimum atomic E-state index is -3.57. The van der Waals surface area contributed by atoms with E-state index in [4.69, 9.17) is 4.74 Å². The van der Waals surface area contributed by atoms with Gasteiger partial charge in [0.05, 0.1) is 11.3 Å². The highest BCUT2D eigenvalue weighted by atomic mass is 32.2. The van der Waals surface area contributed by atoms with E-state index in [0.717, 1.165) is 12.8 Å². The van der Waals surface area contributed by atoms with Gasteiger partial charge in [-0.3, -0.25) is 9.59 Å². The Kier molecular flexibility index (Phi) is 6.87. The Morgan fingerprint density at radius 2 is 1.85 bits per heavy atom. The Bertz CT molecular complexity index is 784. The summed E-state index contributed by atoms with van der Waals surface area (Å²) in [5.41, 5.74) is 0.301. The van der Waals surface area contributed by atoms with Crippen LogP contribution in [-0.4, -0.2) is 50.1 Å². The van der Waals surface area contributed by atoms with Crippen LogP contribution in [0.5, 0.6) is 0 Å². The van der Waals surface area contributed by atoms with Crippen molar-refractivity contribution in [3.8, 4) is 0 Å². The molecule has 0 unspecified atom stereocenters. The summed E-state index contributed by atoms with van der Waals surface area (Å²) in [6, 6.07) is 5.95. The highest BCUT2D eigenvalue weighted by Gasteiger charge is 2.27. The van der Waals surface area contributed by atoms with Crippen molar-refractivity contribution in [3.05, 3.63) is 24.3 Å². The summed E-state index contributed by atoms with van der Waals surface area (Å²) in [5.74, 6) is -1.36. The fourth-order valence-electron chi connectivity index (χ4n) is 2.51. The zero-order valence-corrected chi connectivity index (χ0v) is 15.4. The molecule has 8 nitrogen and oxygen atoms in total. The monoisotopic (exact) mass is 382 g/mol. The largest absolute Gasteiger partial charge is 0.456 e. The van der Waals surface area contributed by atoms with Crippen LogP contribution < -0.4 is 5.32 Å². The second-order valence-electron chi connectivity index (χ2n) is 6.05. The Balaban J connectivity index is 1.92. The first-order valence-corrected chi connectivity index (χ1v) is 9.78. The van der Waals surface area contributed by atoms with Gasteiger partial charge in [-0.25, -0.2) is 8.42 Å². The van der Waals surface area contributed by atoms with Gasteiger partial charge in [0.1, 0.15) is 5.78 Å². The molecular weight excluding hydrogens is 360 g/mol. The molecule has 2 rings (SSSR count). The van der Waals surface area contributed by atoms with Gasteiger partial charge in [-0.2, -0.15) is 4.31 Å². The van der Waals surface area contributed by atoms with Gasteiger partial charge in [-0.1, -0.05) is 6.07 Å². The zero-order valence-electron chi connectivity index (χ0n) is 14.6. The molecule has 9 heteroatoms. The number of anilines is 1. The van der Waals surface area contributed by atoms with Gasteiger partial charge in [-0.15, -0.1) is 0 Å². The van der Waals surface area contributed by atoms with Crippen molar-refractivity contribution in [3.63, 3.8) is 0 Å². The lowest BCUT2D eigenvalue weighted by molar-refractivity contribution is -0.148. The van der Waals surface area contributed by atoms with E-state index in [1.807, 2.05) is 0 Å². The van der Waals surface area contributed by atoms with Crippen LogP contribution in [0.15, 0.2) is 29.2 Å². The lowest BCUT2D eigenvalue weighted by atomic mass is 10.2. The summed E-state index contributed by atoms with van der Waals surface area (Å²) in [7, 11) is -3.57. The summed E-state index contributed by atoms with van der Waals surface area (Å²) < 4.78 is 31.3. The average Bonchev–Trinajstić information content (AvgIpc) is 3.14. The van der Waals surface area contributed by atoms with Gasteiger partial charge in [0.15, 0.2) is 6.61 Å². The topological polar surface area (TPSA) is 110 Å². The first-order valence-electron chi connectivity index (χ1n) is 8.34. The summed E-state index contributed by atoms with van der Waals surface area (Å²) in [4.78, 5) is 34.2. The van der Waals surface area contributed by atoms with Crippen LogP contribution in [-0.2, 0) is 29.1 Å². The molecule has 1 aromatic carbocycles. The third-order valence-electron chi connectivity index (χ3n) is 3.87. The van der Waals surface area contributed by atoms with Crippen molar-refractivity contribution >= 4 is 33.4 Å². The van der Waals surface area contributed by atoms with Crippen molar-refractivity contribution in [2.45, 2.75) is 37.5 Å². The third kappa shape index (κ3) is 5.63. The van der Waals surface area contributed by atoms with E-state index in [1.165, 1.54) is 29.4 Å². The molecule has 0 radical (unpaired) electrons. The van der Waals surface area contributed by atoms with Gasteiger partial charge in [0.2, 0.25) is 10.0 Å². The maximum absolute atomic E-state index is 12.5. The van der Waals surface area contributed by atoms with Crippen molar-refractivity contribution in [1.82, 2.24) is 4.31 Å². The van der Waals surface area contributed by atoms with Crippen LogP contribution in [0.3, 0.4) is 0 Å². The molecule has 1 aromatic rings. The van der Waals surface area contributed by atoms with Crippen LogP contribution in [0.25, 0.3) is 0 Å². The summed E-state index contributed by atoms with van der Waals surface area (Å²) in [5, 5.41) is 2.50. The van der Waals surface area contributed by atoms with Crippen LogP contribution in [0, 0.1) is 0 Å².